The molecule has 0 aliphatic carbocycles. The minimum Gasteiger partial charge on any atom is -0.497 e. The summed E-state index contributed by atoms with van der Waals surface area (Å²) in [6.07, 6.45) is 3.08. The Kier molecular flexibility index (Phi) is 4.62. The molecule has 3 aromatic rings. The van der Waals surface area contributed by atoms with Crippen molar-refractivity contribution in [3.8, 4) is 11.4 Å². The van der Waals surface area contributed by atoms with Gasteiger partial charge in [0.2, 0.25) is 0 Å². The molecule has 0 bridgehead atoms. The Labute approximate surface area is 159 Å². The summed E-state index contributed by atoms with van der Waals surface area (Å²) in [6.45, 7) is 1.63. The molecule has 0 N–H and O–H groups in total. The first-order valence-corrected chi connectivity index (χ1v) is 9.28. The molecule has 1 aromatic heterocycles. The molecule has 5 heteroatoms. The number of aromatic nitrogens is 1. The van der Waals surface area contributed by atoms with Gasteiger partial charge in [0, 0.05) is 42.0 Å². The summed E-state index contributed by atoms with van der Waals surface area (Å²) in [5.74, 6) is 0.968. The van der Waals surface area contributed by atoms with Gasteiger partial charge >= 0.3 is 0 Å². The minimum absolute atomic E-state index is 0.119. The number of hydrogen-bond acceptors (Lipinski definition) is 3. The molecule has 1 aliphatic rings. The third kappa shape index (κ3) is 3.30. The SMILES string of the molecule is COc1ccc2c(ccn2-c2ccc(C(=O)N3CCC(N(C)C)C3)cc2)c1. The molecule has 1 aliphatic heterocycles. The normalized spacial score (nSPS) is 17.0. The number of likely N-dealkylation sites (N-methyl/N-ethyl adjacent to an activating group) is 1. The van der Waals surface area contributed by atoms with Gasteiger partial charge in [0.25, 0.3) is 5.91 Å². The molecular formula is C22H25N3O2. The number of amides is 1. The van der Waals surface area contributed by atoms with Crippen LogP contribution in [-0.4, -0.2) is 60.6 Å². The lowest BCUT2D eigenvalue weighted by atomic mass is 10.1. The van der Waals surface area contributed by atoms with Crippen LogP contribution in [0.5, 0.6) is 5.75 Å². The first-order chi connectivity index (χ1) is 13.1. The van der Waals surface area contributed by atoms with Gasteiger partial charge in [-0.15, -0.1) is 0 Å². The number of benzene rings is 2. The third-order valence-electron chi connectivity index (χ3n) is 5.47. The lowest BCUT2D eigenvalue weighted by molar-refractivity contribution is 0.0783. The molecule has 0 radical (unpaired) electrons. The van der Waals surface area contributed by atoms with Crippen molar-refractivity contribution >= 4 is 16.8 Å². The van der Waals surface area contributed by atoms with E-state index >= 15 is 0 Å². The van der Waals surface area contributed by atoms with E-state index in [1.807, 2.05) is 47.5 Å². The number of likely N-dealkylation sites (tertiary alicyclic amines) is 1. The number of fused-ring (bicyclic) bond motifs is 1. The molecule has 1 unspecified atom stereocenters. The largest absolute Gasteiger partial charge is 0.497 e. The van der Waals surface area contributed by atoms with Crippen molar-refractivity contribution in [3.05, 3.63) is 60.3 Å². The van der Waals surface area contributed by atoms with Gasteiger partial charge in [-0.2, -0.15) is 0 Å². The smallest absolute Gasteiger partial charge is 0.253 e. The highest BCUT2D eigenvalue weighted by Crippen LogP contribution is 2.25. The number of rotatable bonds is 4. The molecule has 4 rings (SSSR count). The second-order valence-electron chi connectivity index (χ2n) is 7.31. The van der Waals surface area contributed by atoms with E-state index < -0.39 is 0 Å². The summed E-state index contributed by atoms with van der Waals surface area (Å²) in [6, 6.07) is 16.4. The molecule has 0 spiro atoms. The molecule has 5 nitrogen and oxygen atoms in total. The maximum atomic E-state index is 12.8. The van der Waals surface area contributed by atoms with Crippen molar-refractivity contribution in [2.45, 2.75) is 12.5 Å². The average molecular weight is 363 g/mol. The van der Waals surface area contributed by atoms with Crippen molar-refractivity contribution in [2.75, 3.05) is 34.3 Å². The third-order valence-corrected chi connectivity index (χ3v) is 5.47. The maximum absolute atomic E-state index is 12.8. The van der Waals surface area contributed by atoms with E-state index in [-0.39, 0.29) is 5.91 Å². The van der Waals surface area contributed by atoms with Gasteiger partial charge in [0.1, 0.15) is 5.75 Å². The van der Waals surface area contributed by atoms with E-state index in [9.17, 15) is 4.79 Å². The van der Waals surface area contributed by atoms with Gasteiger partial charge in [-0.1, -0.05) is 0 Å². The molecule has 27 heavy (non-hydrogen) atoms. The number of hydrogen-bond donors (Lipinski definition) is 0. The molecule has 140 valence electrons. The number of carbonyl (C=O) groups excluding carboxylic acids is 1. The quantitative estimate of drug-likeness (QED) is 0.713. The van der Waals surface area contributed by atoms with E-state index in [1.165, 1.54) is 0 Å². The summed E-state index contributed by atoms with van der Waals surface area (Å²) >= 11 is 0. The average Bonchev–Trinajstić information content (AvgIpc) is 3.34. The Morgan fingerprint density at radius 1 is 1.11 bits per heavy atom. The lowest BCUT2D eigenvalue weighted by Gasteiger charge is -2.20. The monoisotopic (exact) mass is 363 g/mol. The van der Waals surface area contributed by atoms with Crippen molar-refractivity contribution < 1.29 is 9.53 Å². The fourth-order valence-electron chi connectivity index (χ4n) is 3.77. The van der Waals surface area contributed by atoms with Gasteiger partial charge in [-0.05, 0) is 69.0 Å². The fraction of sp³-hybridized carbons (Fsp3) is 0.318. The Balaban J connectivity index is 1.55. The predicted octanol–water partition coefficient (Wildman–Crippen LogP) is 3.42. The number of nitrogens with zero attached hydrogens (tertiary/aromatic N) is 3. The van der Waals surface area contributed by atoms with Crippen molar-refractivity contribution in [1.82, 2.24) is 14.4 Å². The Bertz CT molecular complexity index is 959. The second kappa shape index (κ2) is 7.08. The van der Waals surface area contributed by atoms with Gasteiger partial charge < -0.3 is 19.1 Å². The van der Waals surface area contributed by atoms with Gasteiger partial charge in [0.15, 0.2) is 0 Å². The summed E-state index contributed by atoms with van der Waals surface area (Å²) < 4.78 is 7.42. The fourth-order valence-corrected chi connectivity index (χ4v) is 3.77. The maximum Gasteiger partial charge on any atom is 0.253 e. The zero-order valence-electron chi connectivity index (χ0n) is 16.1. The number of methoxy groups -OCH3 is 1. The highest BCUT2D eigenvalue weighted by Gasteiger charge is 2.27. The molecule has 0 saturated carbocycles. The summed E-state index contributed by atoms with van der Waals surface area (Å²) in [4.78, 5) is 16.9. The van der Waals surface area contributed by atoms with Crippen molar-refractivity contribution in [3.63, 3.8) is 0 Å². The van der Waals surface area contributed by atoms with Crippen LogP contribution in [0.2, 0.25) is 0 Å². The zero-order valence-corrected chi connectivity index (χ0v) is 16.1. The van der Waals surface area contributed by atoms with Crippen LogP contribution < -0.4 is 4.74 Å². The molecule has 1 fully saturated rings. The van der Waals surface area contributed by atoms with Gasteiger partial charge in [-0.25, -0.2) is 0 Å². The van der Waals surface area contributed by atoms with Crippen LogP contribution in [0.1, 0.15) is 16.8 Å². The highest BCUT2D eigenvalue weighted by molar-refractivity contribution is 5.94. The summed E-state index contributed by atoms with van der Waals surface area (Å²) in [7, 11) is 5.82. The van der Waals surface area contributed by atoms with Gasteiger partial charge in [-0.3, -0.25) is 4.79 Å². The first-order valence-electron chi connectivity index (χ1n) is 9.28. The van der Waals surface area contributed by atoms with Crippen LogP contribution in [0.15, 0.2) is 54.7 Å². The Morgan fingerprint density at radius 2 is 1.89 bits per heavy atom. The van der Waals surface area contributed by atoms with E-state index in [0.717, 1.165) is 47.4 Å². The van der Waals surface area contributed by atoms with Crippen LogP contribution in [0.3, 0.4) is 0 Å². The number of carbonyl (C=O) groups is 1. The van der Waals surface area contributed by atoms with Gasteiger partial charge in [0.05, 0.1) is 12.6 Å². The van der Waals surface area contributed by atoms with E-state index in [4.69, 9.17) is 4.74 Å². The van der Waals surface area contributed by atoms with Crippen molar-refractivity contribution in [1.29, 1.82) is 0 Å². The van der Waals surface area contributed by atoms with Crippen LogP contribution >= 0.6 is 0 Å². The molecular weight excluding hydrogens is 338 g/mol. The topological polar surface area (TPSA) is 37.7 Å². The number of ether oxygens (including phenoxy) is 1. The predicted molar refractivity (Wildman–Crippen MR) is 108 cm³/mol. The Morgan fingerprint density at radius 3 is 2.56 bits per heavy atom. The van der Waals surface area contributed by atoms with E-state index in [0.29, 0.717) is 6.04 Å². The van der Waals surface area contributed by atoms with E-state index in [2.05, 4.69) is 35.7 Å². The Hall–Kier alpha value is -2.79. The molecule has 1 amide bonds. The summed E-state index contributed by atoms with van der Waals surface area (Å²) in [5.41, 5.74) is 2.90. The standard InChI is InChI=1S/C22H25N3O2/c1-23(2)19-11-12-24(15-19)22(26)16-4-6-18(7-5-16)25-13-10-17-14-20(27-3)8-9-21(17)25/h4-10,13-14,19H,11-12,15H2,1-3H3. The van der Waals surface area contributed by atoms with Crippen LogP contribution in [0.4, 0.5) is 0 Å². The lowest BCUT2D eigenvalue weighted by Crippen LogP contribution is -2.34. The minimum atomic E-state index is 0.119. The molecule has 1 atom stereocenters. The second-order valence-corrected chi connectivity index (χ2v) is 7.31. The van der Waals surface area contributed by atoms with Crippen LogP contribution in [-0.2, 0) is 0 Å². The molecule has 1 saturated heterocycles. The van der Waals surface area contributed by atoms with Crippen LogP contribution in [0, 0.1) is 0 Å². The molecule has 2 aromatic carbocycles. The summed E-state index contributed by atoms with van der Waals surface area (Å²) in [5, 5.41) is 1.13. The van der Waals surface area contributed by atoms with Crippen molar-refractivity contribution in [2.24, 2.45) is 0 Å². The molecule has 2 heterocycles. The first kappa shape index (κ1) is 17.6. The van der Waals surface area contributed by atoms with E-state index in [1.54, 1.807) is 7.11 Å². The highest BCUT2D eigenvalue weighted by atomic mass is 16.5. The van der Waals surface area contributed by atoms with Crippen LogP contribution in [0.25, 0.3) is 16.6 Å². The zero-order chi connectivity index (χ0) is 19.0.